The van der Waals surface area contributed by atoms with Crippen LogP contribution in [0.3, 0.4) is 0 Å². The number of nitrogens with one attached hydrogen (secondary N) is 2. The van der Waals surface area contributed by atoms with Gasteiger partial charge in [0, 0.05) is 24.2 Å². The first kappa shape index (κ1) is 23.3. The average molecular weight is 479 g/mol. The second kappa shape index (κ2) is 9.33. The van der Waals surface area contributed by atoms with Crippen molar-refractivity contribution in [2.75, 3.05) is 6.61 Å². The Morgan fingerprint density at radius 2 is 1.82 bits per heavy atom. The second-order valence-electron chi connectivity index (χ2n) is 9.93. The summed E-state index contributed by atoms with van der Waals surface area (Å²) in [6, 6.07) is 21.7. The van der Waals surface area contributed by atoms with E-state index in [-0.39, 0.29) is 12.1 Å². The minimum Gasteiger partial charge on any atom is -0.494 e. The van der Waals surface area contributed by atoms with Crippen LogP contribution in [0.4, 0.5) is 0 Å². The molecule has 0 aliphatic carbocycles. The summed E-state index contributed by atoms with van der Waals surface area (Å²) < 4.78 is 33.5. The van der Waals surface area contributed by atoms with Gasteiger partial charge >= 0.3 is 0 Å². The monoisotopic (exact) mass is 478 g/mol. The van der Waals surface area contributed by atoms with Crippen molar-refractivity contribution in [2.45, 2.75) is 73.8 Å². The van der Waals surface area contributed by atoms with Crippen molar-refractivity contribution in [3.05, 3.63) is 72.3 Å². The first-order valence-corrected chi connectivity index (χ1v) is 13.9. The molecule has 3 aromatic carbocycles. The topological polar surface area (TPSA) is 67.4 Å². The lowest BCUT2D eigenvalue weighted by atomic mass is 9.85. The molecule has 0 aromatic heterocycles. The summed E-state index contributed by atoms with van der Waals surface area (Å²) in [5.74, 6) is 0.718. The Bertz CT molecular complexity index is 1260. The van der Waals surface area contributed by atoms with E-state index in [0.29, 0.717) is 18.0 Å². The first-order chi connectivity index (χ1) is 16.4. The van der Waals surface area contributed by atoms with Gasteiger partial charge in [0.05, 0.1) is 11.5 Å². The van der Waals surface area contributed by atoms with Crippen molar-refractivity contribution in [1.82, 2.24) is 10.6 Å². The van der Waals surface area contributed by atoms with Gasteiger partial charge in [0.25, 0.3) is 0 Å². The zero-order valence-corrected chi connectivity index (χ0v) is 20.8. The van der Waals surface area contributed by atoms with Crippen LogP contribution in [-0.2, 0) is 16.4 Å². The number of fused-ring (bicyclic) bond motifs is 3. The Morgan fingerprint density at radius 3 is 2.59 bits per heavy atom. The van der Waals surface area contributed by atoms with E-state index in [9.17, 15) is 8.42 Å². The fraction of sp³-hybridized carbons (Fsp3) is 0.429. The highest BCUT2D eigenvalue weighted by molar-refractivity contribution is 7.92. The average Bonchev–Trinajstić information content (AvgIpc) is 3.37. The Hall–Kier alpha value is -2.41. The van der Waals surface area contributed by atoms with E-state index in [0.717, 1.165) is 37.0 Å². The lowest BCUT2D eigenvalue weighted by Gasteiger charge is -2.35. The standard InChI is InChI=1S/C28H34N2O3S/c1-3-4-17-33-23-11-13-24(14-12-23)34(31,32)27-26(25-15-16-28(27,2)30-25)29-19-20-9-10-21-7-5-6-8-22(21)18-20/h5-14,18,25-27,29-30H,3-4,15-17,19H2,1-2H3. The maximum absolute atomic E-state index is 13.9. The number of unbranched alkanes of at least 4 members (excludes halogenated alkanes) is 1. The summed E-state index contributed by atoms with van der Waals surface area (Å²) in [6.45, 7) is 5.47. The van der Waals surface area contributed by atoms with Crippen molar-refractivity contribution in [2.24, 2.45) is 0 Å². The van der Waals surface area contributed by atoms with Gasteiger partial charge in [-0.15, -0.1) is 0 Å². The molecule has 5 rings (SSSR count). The van der Waals surface area contributed by atoms with Gasteiger partial charge in [-0.25, -0.2) is 8.42 Å². The van der Waals surface area contributed by atoms with Crippen LogP contribution in [0.2, 0.25) is 0 Å². The SMILES string of the molecule is CCCCOc1ccc(S(=O)(=O)C2C(NCc3ccc4ccccc4c3)C3CCC2(C)N3)cc1. The summed E-state index contributed by atoms with van der Waals surface area (Å²) in [5.41, 5.74) is 0.734. The number of hydrogen-bond donors (Lipinski definition) is 2. The van der Waals surface area contributed by atoms with E-state index in [4.69, 9.17) is 4.74 Å². The molecular formula is C28H34N2O3S. The van der Waals surface area contributed by atoms with Crippen LogP contribution in [-0.4, -0.2) is 37.9 Å². The molecular weight excluding hydrogens is 444 g/mol. The molecule has 3 aromatic rings. The van der Waals surface area contributed by atoms with E-state index in [1.165, 1.54) is 10.8 Å². The maximum atomic E-state index is 13.9. The van der Waals surface area contributed by atoms with Crippen LogP contribution in [0.15, 0.2) is 71.6 Å². The van der Waals surface area contributed by atoms with Crippen molar-refractivity contribution < 1.29 is 13.2 Å². The summed E-state index contributed by atoms with van der Waals surface area (Å²) >= 11 is 0. The molecule has 5 nitrogen and oxygen atoms in total. The van der Waals surface area contributed by atoms with Crippen LogP contribution < -0.4 is 15.4 Å². The summed E-state index contributed by atoms with van der Waals surface area (Å²) in [5, 5.41) is 9.14. The number of hydrogen-bond acceptors (Lipinski definition) is 5. The largest absolute Gasteiger partial charge is 0.494 e. The highest BCUT2D eigenvalue weighted by Crippen LogP contribution is 2.43. The molecule has 0 radical (unpaired) electrons. The van der Waals surface area contributed by atoms with E-state index in [2.05, 4.69) is 54.8 Å². The van der Waals surface area contributed by atoms with Crippen molar-refractivity contribution in [3.8, 4) is 5.75 Å². The second-order valence-corrected chi connectivity index (χ2v) is 12.0. The third-order valence-electron chi connectivity index (χ3n) is 7.49. The van der Waals surface area contributed by atoms with Gasteiger partial charge in [0.1, 0.15) is 11.0 Å². The fourth-order valence-corrected chi connectivity index (χ4v) is 8.05. The van der Waals surface area contributed by atoms with Crippen LogP contribution >= 0.6 is 0 Å². The minimum absolute atomic E-state index is 0.143. The van der Waals surface area contributed by atoms with Gasteiger partial charge in [-0.3, -0.25) is 0 Å². The van der Waals surface area contributed by atoms with Crippen molar-refractivity contribution >= 4 is 20.6 Å². The Labute approximate surface area is 202 Å². The number of rotatable bonds is 9. The summed E-state index contributed by atoms with van der Waals surface area (Å²) in [4.78, 5) is 0.369. The molecule has 2 saturated heterocycles. The molecule has 6 heteroatoms. The Balaban J connectivity index is 1.36. The Morgan fingerprint density at radius 1 is 1.06 bits per heavy atom. The third-order valence-corrected chi connectivity index (χ3v) is 9.90. The predicted molar refractivity (Wildman–Crippen MR) is 137 cm³/mol. The molecule has 2 aliphatic heterocycles. The fourth-order valence-electron chi connectivity index (χ4n) is 5.70. The van der Waals surface area contributed by atoms with E-state index >= 15 is 0 Å². The zero-order chi connectivity index (χ0) is 23.8. The lowest BCUT2D eigenvalue weighted by Crippen LogP contribution is -2.55. The van der Waals surface area contributed by atoms with Crippen LogP contribution in [0.5, 0.6) is 5.75 Å². The predicted octanol–water partition coefficient (Wildman–Crippen LogP) is 4.84. The normalized spacial score (nSPS) is 26.2. The molecule has 0 saturated carbocycles. The molecule has 0 amide bonds. The highest BCUT2D eigenvalue weighted by atomic mass is 32.2. The first-order valence-electron chi connectivity index (χ1n) is 12.4. The molecule has 34 heavy (non-hydrogen) atoms. The molecule has 2 aliphatic rings. The van der Waals surface area contributed by atoms with Gasteiger partial charge in [-0.2, -0.15) is 0 Å². The smallest absolute Gasteiger partial charge is 0.184 e. The van der Waals surface area contributed by atoms with Crippen LogP contribution in [0.1, 0.15) is 45.1 Å². The molecule has 4 atom stereocenters. The quantitative estimate of drug-likeness (QED) is 0.431. The zero-order valence-electron chi connectivity index (χ0n) is 20.0. The maximum Gasteiger partial charge on any atom is 0.184 e. The molecule has 0 spiro atoms. The number of benzene rings is 3. The molecule has 2 fully saturated rings. The third kappa shape index (κ3) is 4.35. The van der Waals surface area contributed by atoms with E-state index in [1.54, 1.807) is 24.3 Å². The van der Waals surface area contributed by atoms with Gasteiger partial charge in [-0.05, 0) is 72.9 Å². The van der Waals surface area contributed by atoms with E-state index < -0.39 is 20.6 Å². The van der Waals surface area contributed by atoms with E-state index in [1.807, 2.05) is 12.1 Å². The van der Waals surface area contributed by atoms with Gasteiger partial charge in [0.15, 0.2) is 9.84 Å². The molecule has 2 heterocycles. The van der Waals surface area contributed by atoms with Crippen molar-refractivity contribution in [3.63, 3.8) is 0 Å². The molecule has 2 bridgehead atoms. The Kier molecular flexibility index (Phi) is 6.40. The van der Waals surface area contributed by atoms with Gasteiger partial charge in [0.2, 0.25) is 0 Å². The molecule has 2 N–H and O–H groups in total. The number of ether oxygens (including phenoxy) is 1. The summed E-state index contributed by atoms with van der Waals surface area (Å²) in [6.07, 6.45) is 3.91. The highest BCUT2D eigenvalue weighted by Gasteiger charge is 2.60. The van der Waals surface area contributed by atoms with Crippen LogP contribution in [0, 0.1) is 0 Å². The minimum atomic E-state index is -3.54. The van der Waals surface area contributed by atoms with Gasteiger partial charge < -0.3 is 15.4 Å². The molecule has 180 valence electrons. The van der Waals surface area contributed by atoms with Gasteiger partial charge in [-0.1, -0.05) is 49.7 Å². The summed E-state index contributed by atoms with van der Waals surface area (Å²) in [7, 11) is -3.54. The lowest BCUT2D eigenvalue weighted by molar-refractivity contribution is 0.309. The van der Waals surface area contributed by atoms with Crippen molar-refractivity contribution in [1.29, 1.82) is 0 Å². The number of sulfone groups is 1. The van der Waals surface area contributed by atoms with Crippen LogP contribution in [0.25, 0.3) is 10.8 Å². The molecule has 4 unspecified atom stereocenters.